The number of unbranched alkanes of at least 4 members (excludes halogenated alkanes) is 9. The van der Waals surface area contributed by atoms with E-state index in [2.05, 4.69) is 16.9 Å². The zero-order chi connectivity index (χ0) is 13.1. The predicted octanol–water partition coefficient (Wildman–Crippen LogP) is 5.18. The van der Waals surface area contributed by atoms with E-state index < -0.39 is 0 Å². The molecule has 1 rings (SSSR count). The fourth-order valence-electron chi connectivity index (χ4n) is 2.40. The van der Waals surface area contributed by atoms with Crippen molar-refractivity contribution in [3.8, 4) is 0 Å². The van der Waals surface area contributed by atoms with Crippen molar-refractivity contribution < 1.29 is 0 Å². The summed E-state index contributed by atoms with van der Waals surface area (Å²) in [5, 5.41) is 0. The number of hydrogen-bond acceptors (Lipinski definition) is 1. The van der Waals surface area contributed by atoms with Crippen molar-refractivity contribution >= 4 is 0 Å². The van der Waals surface area contributed by atoms with Gasteiger partial charge in [0.2, 0.25) is 0 Å². The number of rotatable bonds is 11. The van der Waals surface area contributed by atoms with Crippen LogP contribution in [0.5, 0.6) is 0 Å². The molecule has 0 aromatic carbocycles. The van der Waals surface area contributed by atoms with Gasteiger partial charge in [-0.2, -0.15) is 0 Å². The van der Waals surface area contributed by atoms with Gasteiger partial charge in [-0.05, 0) is 19.8 Å². The van der Waals surface area contributed by atoms with Gasteiger partial charge in [-0.15, -0.1) is 0 Å². The first-order valence-corrected chi connectivity index (χ1v) is 7.83. The normalized spacial score (nSPS) is 11.0. The Morgan fingerprint density at radius 3 is 1.94 bits per heavy atom. The number of H-pyrrole nitrogens is 1. The van der Waals surface area contributed by atoms with Crippen LogP contribution in [0.3, 0.4) is 0 Å². The van der Waals surface area contributed by atoms with Crippen LogP contribution in [0.2, 0.25) is 0 Å². The summed E-state index contributed by atoms with van der Waals surface area (Å²) in [6.45, 7) is 4.29. The van der Waals surface area contributed by atoms with Gasteiger partial charge in [0, 0.05) is 11.9 Å². The van der Waals surface area contributed by atoms with Gasteiger partial charge in [0.25, 0.3) is 0 Å². The number of aryl methyl sites for hydroxylation is 2. The molecule has 18 heavy (non-hydrogen) atoms. The molecule has 1 heterocycles. The summed E-state index contributed by atoms with van der Waals surface area (Å²) in [4.78, 5) is 7.52. The first-order valence-electron chi connectivity index (χ1n) is 7.83. The molecule has 1 N–H and O–H groups in total. The maximum absolute atomic E-state index is 4.22. The summed E-state index contributed by atoms with van der Waals surface area (Å²) in [6, 6.07) is 0. The van der Waals surface area contributed by atoms with Crippen LogP contribution in [0.15, 0.2) is 6.20 Å². The van der Waals surface area contributed by atoms with Gasteiger partial charge in [0.15, 0.2) is 0 Å². The minimum atomic E-state index is 1.04. The first kappa shape index (κ1) is 15.3. The van der Waals surface area contributed by atoms with Crippen molar-refractivity contribution in [2.75, 3.05) is 0 Å². The largest absolute Gasteiger partial charge is 0.346 e. The zero-order valence-corrected chi connectivity index (χ0v) is 12.3. The molecular weight excluding hydrogens is 220 g/mol. The molecule has 0 radical (unpaired) electrons. The molecule has 0 aliphatic carbocycles. The molecule has 2 heteroatoms. The number of imidazole rings is 1. The monoisotopic (exact) mass is 250 g/mol. The Bertz CT molecular complexity index is 291. The van der Waals surface area contributed by atoms with Crippen molar-refractivity contribution in [1.29, 1.82) is 0 Å². The van der Waals surface area contributed by atoms with Crippen molar-refractivity contribution in [3.05, 3.63) is 17.7 Å². The molecule has 104 valence electrons. The summed E-state index contributed by atoms with van der Waals surface area (Å²) < 4.78 is 0. The SMILES string of the molecule is CCCCCCCCCCCCc1cnc(C)[nH]1. The predicted molar refractivity (Wildman–Crippen MR) is 78.9 cm³/mol. The van der Waals surface area contributed by atoms with Gasteiger partial charge < -0.3 is 4.98 Å². The van der Waals surface area contributed by atoms with Crippen LogP contribution in [0.4, 0.5) is 0 Å². The van der Waals surface area contributed by atoms with E-state index >= 15 is 0 Å². The molecule has 0 atom stereocenters. The van der Waals surface area contributed by atoms with Gasteiger partial charge in [-0.25, -0.2) is 4.98 Å². The summed E-state index contributed by atoms with van der Waals surface area (Å²) in [5.74, 6) is 1.04. The molecule has 1 aromatic rings. The van der Waals surface area contributed by atoms with E-state index in [1.165, 1.54) is 69.9 Å². The number of aromatic amines is 1. The molecule has 2 nitrogen and oxygen atoms in total. The fourth-order valence-corrected chi connectivity index (χ4v) is 2.40. The van der Waals surface area contributed by atoms with E-state index in [-0.39, 0.29) is 0 Å². The Labute approximate surface area is 113 Å². The molecule has 0 fully saturated rings. The Hall–Kier alpha value is -0.790. The van der Waals surface area contributed by atoms with E-state index in [1.54, 1.807) is 0 Å². The van der Waals surface area contributed by atoms with E-state index in [9.17, 15) is 0 Å². The third kappa shape index (κ3) is 7.52. The standard InChI is InChI=1S/C16H30N2/c1-3-4-5-6-7-8-9-10-11-12-13-16-14-17-15(2)18-16/h14H,3-13H2,1-2H3,(H,17,18). The van der Waals surface area contributed by atoms with Gasteiger partial charge in [0.1, 0.15) is 5.82 Å². The van der Waals surface area contributed by atoms with E-state index in [0.29, 0.717) is 0 Å². The molecule has 0 saturated carbocycles. The van der Waals surface area contributed by atoms with Crippen LogP contribution < -0.4 is 0 Å². The third-order valence-corrected chi connectivity index (χ3v) is 3.56. The van der Waals surface area contributed by atoms with E-state index in [1.807, 2.05) is 13.1 Å². The quantitative estimate of drug-likeness (QED) is 0.538. The van der Waals surface area contributed by atoms with Crippen molar-refractivity contribution in [3.63, 3.8) is 0 Å². The average molecular weight is 250 g/mol. The Morgan fingerprint density at radius 2 is 1.44 bits per heavy atom. The Kier molecular flexibility index (Phi) is 8.62. The second-order valence-electron chi connectivity index (χ2n) is 5.43. The van der Waals surface area contributed by atoms with Crippen LogP contribution in [-0.4, -0.2) is 9.97 Å². The highest BCUT2D eigenvalue weighted by Gasteiger charge is 1.97. The lowest BCUT2D eigenvalue weighted by Gasteiger charge is -2.01. The van der Waals surface area contributed by atoms with Crippen LogP contribution in [0, 0.1) is 6.92 Å². The van der Waals surface area contributed by atoms with E-state index in [4.69, 9.17) is 0 Å². The molecule has 0 spiro atoms. The smallest absolute Gasteiger partial charge is 0.103 e. The van der Waals surface area contributed by atoms with Crippen LogP contribution in [0.25, 0.3) is 0 Å². The fraction of sp³-hybridized carbons (Fsp3) is 0.812. The lowest BCUT2D eigenvalue weighted by Crippen LogP contribution is -1.87. The molecule has 0 amide bonds. The summed E-state index contributed by atoms with van der Waals surface area (Å²) in [6.07, 6.45) is 17.2. The molecule has 0 unspecified atom stereocenters. The van der Waals surface area contributed by atoms with Crippen LogP contribution >= 0.6 is 0 Å². The molecule has 1 aromatic heterocycles. The molecule has 0 saturated heterocycles. The average Bonchev–Trinajstić information content (AvgIpc) is 2.77. The lowest BCUT2D eigenvalue weighted by atomic mass is 10.1. The van der Waals surface area contributed by atoms with Crippen LogP contribution in [0.1, 0.15) is 82.7 Å². The third-order valence-electron chi connectivity index (χ3n) is 3.56. The Balaban J connectivity index is 1.81. The first-order chi connectivity index (χ1) is 8.83. The lowest BCUT2D eigenvalue weighted by molar-refractivity contribution is 0.555. The van der Waals surface area contributed by atoms with Crippen molar-refractivity contribution in [2.24, 2.45) is 0 Å². The molecule has 0 aliphatic rings. The zero-order valence-electron chi connectivity index (χ0n) is 12.3. The highest BCUT2D eigenvalue weighted by molar-refractivity contribution is 4.99. The maximum atomic E-state index is 4.22. The van der Waals surface area contributed by atoms with Crippen molar-refractivity contribution in [1.82, 2.24) is 9.97 Å². The minimum absolute atomic E-state index is 1.04. The molecular formula is C16H30N2. The number of hydrogen-bond donors (Lipinski definition) is 1. The summed E-state index contributed by atoms with van der Waals surface area (Å²) in [5.41, 5.74) is 1.30. The summed E-state index contributed by atoms with van der Waals surface area (Å²) in [7, 11) is 0. The van der Waals surface area contributed by atoms with Gasteiger partial charge in [0.05, 0.1) is 0 Å². The van der Waals surface area contributed by atoms with Crippen LogP contribution in [-0.2, 0) is 6.42 Å². The Morgan fingerprint density at radius 1 is 0.889 bits per heavy atom. The second kappa shape index (κ2) is 10.2. The number of aromatic nitrogens is 2. The highest BCUT2D eigenvalue weighted by atomic mass is 14.9. The maximum Gasteiger partial charge on any atom is 0.103 e. The minimum Gasteiger partial charge on any atom is -0.346 e. The second-order valence-corrected chi connectivity index (χ2v) is 5.43. The number of nitrogens with zero attached hydrogens (tertiary/aromatic N) is 1. The topological polar surface area (TPSA) is 28.7 Å². The molecule has 0 aliphatic heterocycles. The van der Waals surface area contributed by atoms with Gasteiger partial charge in [-0.1, -0.05) is 64.7 Å². The molecule has 0 bridgehead atoms. The van der Waals surface area contributed by atoms with Gasteiger partial charge >= 0.3 is 0 Å². The van der Waals surface area contributed by atoms with Gasteiger partial charge in [-0.3, -0.25) is 0 Å². The highest BCUT2D eigenvalue weighted by Crippen LogP contribution is 2.11. The van der Waals surface area contributed by atoms with E-state index in [0.717, 1.165) is 12.2 Å². The summed E-state index contributed by atoms with van der Waals surface area (Å²) >= 11 is 0. The number of nitrogens with one attached hydrogen (secondary N) is 1. The van der Waals surface area contributed by atoms with Crippen molar-refractivity contribution in [2.45, 2.75) is 84.5 Å².